The topological polar surface area (TPSA) is 55.6 Å². The zero-order chi connectivity index (χ0) is 12.3. The van der Waals surface area contributed by atoms with Gasteiger partial charge in [0.05, 0.1) is 17.0 Å². The van der Waals surface area contributed by atoms with Gasteiger partial charge < -0.3 is 15.4 Å². The first-order valence-electron chi connectivity index (χ1n) is 5.48. The maximum absolute atomic E-state index is 12.2. The average molecular weight is 244 g/mol. The predicted octanol–water partition coefficient (Wildman–Crippen LogP) is 0.794. The summed E-state index contributed by atoms with van der Waals surface area (Å²) in [5.41, 5.74) is 5.13. The molecule has 1 aliphatic rings. The first kappa shape index (κ1) is 13.4. The number of carbonyl (C=O) groups excluding carboxylic acids is 1. The Hall–Kier alpha value is -0.680. The number of nitrogens with zero attached hydrogens (tertiary/aromatic N) is 1. The van der Waals surface area contributed by atoms with Crippen LogP contribution in [0.2, 0.25) is 0 Å². The highest BCUT2D eigenvalue weighted by Crippen LogP contribution is 2.46. The molecule has 4 nitrogen and oxygen atoms in total. The third kappa shape index (κ3) is 2.35. The monoisotopic (exact) mass is 244 g/mol. The minimum Gasteiger partial charge on any atom is -0.392 e. The van der Waals surface area contributed by atoms with Gasteiger partial charge in [0.1, 0.15) is 0 Å². The van der Waals surface area contributed by atoms with Crippen LogP contribution in [-0.2, 0) is 9.53 Å². The van der Waals surface area contributed by atoms with E-state index < -0.39 is 5.41 Å². The Bertz CT molecular complexity index is 288. The third-order valence-corrected chi connectivity index (χ3v) is 3.64. The number of nitrogens with two attached hydrogens (primary N) is 1. The minimum atomic E-state index is -0.586. The predicted molar refractivity (Wildman–Crippen MR) is 67.1 cm³/mol. The molecule has 0 bridgehead atoms. The Morgan fingerprint density at radius 1 is 1.62 bits per heavy atom. The highest BCUT2D eigenvalue weighted by molar-refractivity contribution is 7.80. The first-order chi connectivity index (χ1) is 7.44. The molecule has 0 saturated heterocycles. The van der Waals surface area contributed by atoms with Crippen molar-refractivity contribution in [1.29, 1.82) is 0 Å². The van der Waals surface area contributed by atoms with E-state index >= 15 is 0 Å². The van der Waals surface area contributed by atoms with Gasteiger partial charge in [-0.3, -0.25) is 4.79 Å². The van der Waals surface area contributed by atoms with Gasteiger partial charge >= 0.3 is 0 Å². The van der Waals surface area contributed by atoms with Crippen LogP contribution in [-0.4, -0.2) is 43.1 Å². The number of likely N-dealkylation sites (N-methyl/N-ethyl adjacent to an activating group) is 1. The number of ether oxygens (including phenoxy) is 1. The molecule has 0 atom stereocenters. The standard InChI is InChI=1S/C11H20N2O2S/c1-8-6-11(7-8,9(12)16)10(14)13(2)4-5-15-3/h8H,4-7H2,1-3H3,(H2,12,16). The van der Waals surface area contributed by atoms with E-state index in [2.05, 4.69) is 6.92 Å². The fraction of sp³-hybridized carbons (Fsp3) is 0.818. The van der Waals surface area contributed by atoms with Crippen LogP contribution in [0, 0.1) is 11.3 Å². The molecule has 0 radical (unpaired) electrons. The summed E-state index contributed by atoms with van der Waals surface area (Å²) in [5.74, 6) is 0.566. The molecule has 1 amide bonds. The van der Waals surface area contributed by atoms with E-state index in [0.29, 0.717) is 24.1 Å². The van der Waals surface area contributed by atoms with Gasteiger partial charge in [-0.05, 0) is 18.8 Å². The van der Waals surface area contributed by atoms with E-state index in [9.17, 15) is 4.79 Å². The van der Waals surface area contributed by atoms with Crippen molar-refractivity contribution in [2.75, 3.05) is 27.3 Å². The fourth-order valence-corrected chi connectivity index (χ4v) is 2.56. The van der Waals surface area contributed by atoms with Gasteiger partial charge in [-0.25, -0.2) is 0 Å². The summed E-state index contributed by atoms with van der Waals surface area (Å²) in [7, 11) is 3.39. The summed E-state index contributed by atoms with van der Waals surface area (Å²) in [4.78, 5) is 14.2. The van der Waals surface area contributed by atoms with Crippen molar-refractivity contribution in [3.8, 4) is 0 Å². The molecule has 0 spiro atoms. The highest BCUT2D eigenvalue weighted by Gasteiger charge is 2.51. The molecule has 0 aromatic carbocycles. The number of methoxy groups -OCH3 is 1. The first-order valence-corrected chi connectivity index (χ1v) is 5.89. The van der Waals surface area contributed by atoms with Gasteiger partial charge in [0, 0.05) is 20.7 Å². The van der Waals surface area contributed by atoms with Gasteiger partial charge in [0.15, 0.2) is 0 Å². The van der Waals surface area contributed by atoms with Crippen LogP contribution in [0.5, 0.6) is 0 Å². The smallest absolute Gasteiger partial charge is 0.235 e. The van der Waals surface area contributed by atoms with Crippen LogP contribution in [0.15, 0.2) is 0 Å². The summed E-state index contributed by atoms with van der Waals surface area (Å²) in [6, 6.07) is 0. The average Bonchev–Trinajstić information content (AvgIpc) is 2.19. The summed E-state index contributed by atoms with van der Waals surface area (Å²) in [5, 5.41) is 0. The van der Waals surface area contributed by atoms with Gasteiger partial charge in [-0.15, -0.1) is 0 Å². The van der Waals surface area contributed by atoms with Crippen LogP contribution >= 0.6 is 12.2 Å². The SMILES string of the molecule is COCCN(C)C(=O)C1(C(N)=S)CC(C)C1. The second kappa shape index (κ2) is 5.10. The molecule has 1 aliphatic carbocycles. The van der Waals surface area contributed by atoms with E-state index in [-0.39, 0.29) is 5.91 Å². The molecule has 1 fully saturated rings. The summed E-state index contributed by atoms with van der Waals surface area (Å²) in [6.07, 6.45) is 1.55. The second-order valence-corrected chi connectivity index (χ2v) is 5.12. The summed E-state index contributed by atoms with van der Waals surface area (Å²) < 4.78 is 4.95. The minimum absolute atomic E-state index is 0.0372. The molecule has 1 saturated carbocycles. The Kier molecular flexibility index (Phi) is 4.27. The van der Waals surface area contributed by atoms with Crippen molar-refractivity contribution >= 4 is 23.1 Å². The lowest BCUT2D eigenvalue weighted by Crippen LogP contribution is -2.56. The highest BCUT2D eigenvalue weighted by atomic mass is 32.1. The fourth-order valence-electron chi connectivity index (χ4n) is 2.31. The van der Waals surface area contributed by atoms with Crippen molar-refractivity contribution in [1.82, 2.24) is 4.90 Å². The molecular weight excluding hydrogens is 224 g/mol. The van der Waals surface area contributed by atoms with E-state index in [4.69, 9.17) is 22.7 Å². The second-order valence-electron chi connectivity index (χ2n) is 4.68. The van der Waals surface area contributed by atoms with Crippen molar-refractivity contribution in [2.45, 2.75) is 19.8 Å². The van der Waals surface area contributed by atoms with E-state index in [1.54, 1.807) is 19.1 Å². The molecule has 2 N–H and O–H groups in total. The lowest BCUT2D eigenvalue weighted by molar-refractivity contribution is -0.143. The summed E-state index contributed by atoms with van der Waals surface area (Å²) in [6.45, 7) is 3.22. The van der Waals surface area contributed by atoms with Gasteiger partial charge in [0.2, 0.25) is 5.91 Å². The van der Waals surface area contributed by atoms with Gasteiger partial charge in [-0.1, -0.05) is 19.1 Å². The molecule has 5 heteroatoms. The normalized spacial score (nSPS) is 28.3. The molecule has 0 unspecified atom stereocenters. The molecule has 0 aromatic heterocycles. The summed E-state index contributed by atoms with van der Waals surface area (Å²) >= 11 is 5.04. The molecule has 0 aromatic rings. The number of hydrogen-bond acceptors (Lipinski definition) is 3. The van der Waals surface area contributed by atoms with E-state index in [1.807, 2.05) is 0 Å². The molecule has 16 heavy (non-hydrogen) atoms. The Morgan fingerprint density at radius 2 is 2.19 bits per heavy atom. The lowest BCUT2D eigenvalue weighted by Gasteiger charge is -2.45. The van der Waals surface area contributed by atoms with Crippen LogP contribution in [0.25, 0.3) is 0 Å². The Morgan fingerprint density at radius 3 is 2.56 bits per heavy atom. The van der Waals surface area contributed by atoms with Gasteiger partial charge in [-0.2, -0.15) is 0 Å². The number of thiocarbonyl (C=S) groups is 1. The number of rotatable bonds is 5. The molecular formula is C11H20N2O2S. The molecule has 1 rings (SSSR count). The van der Waals surface area contributed by atoms with E-state index in [0.717, 1.165) is 12.8 Å². The van der Waals surface area contributed by atoms with Crippen LogP contribution in [0.1, 0.15) is 19.8 Å². The van der Waals surface area contributed by atoms with Crippen LogP contribution in [0.4, 0.5) is 0 Å². The van der Waals surface area contributed by atoms with Crippen molar-refractivity contribution < 1.29 is 9.53 Å². The Labute approximate surface area is 102 Å². The van der Waals surface area contributed by atoms with Gasteiger partial charge in [0.25, 0.3) is 0 Å². The number of amides is 1. The maximum Gasteiger partial charge on any atom is 0.235 e. The van der Waals surface area contributed by atoms with Crippen molar-refractivity contribution in [3.05, 3.63) is 0 Å². The lowest BCUT2D eigenvalue weighted by atomic mass is 9.61. The number of hydrogen-bond donors (Lipinski definition) is 1. The van der Waals surface area contributed by atoms with Crippen molar-refractivity contribution in [2.24, 2.45) is 17.1 Å². The van der Waals surface area contributed by atoms with Crippen LogP contribution in [0.3, 0.4) is 0 Å². The molecule has 92 valence electrons. The Balaban J connectivity index is 2.66. The maximum atomic E-state index is 12.2. The van der Waals surface area contributed by atoms with E-state index in [1.165, 1.54) is 0 Å². The van der Waals surface area contributed by atoms with Crippen LogP contribution < -0.4 is 5.73 Å². The quantitative estimate of drug-likeness (QED) is 0.727. The largest absolute Gasteiger partial charge is 0.392 e. The molecule has 0 heterocycles. The van der Waals surface area contributed by atoms with Crippen molar-refractivity contribution in [3.63, 3.8) is 0 Å². The third-order valence-electron chi connectivity index (χ3n) is 3.25. The molecule has 0 aliphatic heterocycles. The number of carbonyl (C=O) groups is 1. The zero-order valence-electron chi connectivity index (χ0n) is 10.2. The zero-order valence-corrected chi connectivity index (χ0v) is 11.0.